The van der Waals surface area contributed by atoms with Gasteiger partial charge >= 0.3 is 0 Å². The minimum absolute atomic E-state index is 0.0634. The molecule has 7 nitrogen and oxygen atoms in total. The zero-order valence-electron chi connectivity index (χ0n) is 18.1. The number of Topliss-reactive ketones (excluding diaryl/α,β-unsaturated/α-hetero) is 1. The van der Waals surface area contributed by atoms with E-state index in [0.29, 0.717) is 42.8 Å². The fraction of sp³-hybridized carbons (Fsp3) is 0.417. The molecule has 3 rings (SSSR count). The van der Waals surface area contributed by atoms with Gasteiger partial charge in [0.15, 0.2) is 5.78 Å². The lowest BCUT2D eigenvalue weighted by Gasteiger charge is -2.35. The van der Waals surface area contributed by atoms with Gasteiger partial charge in [-0.1, -0.05) is 41.9 Å². The molecule has 3 unspecified atom stereocenters. The Balaban J connectivity index is 1.72. The van der Waals surface area contributed by atoms with E-state index in [1.807, 2.05) is 18.2 Å². The molecule has 5 N–H and O–H groups in total. The number of hydrogen-bond acceptors (Lipinski definition) is 6. The van der Waals surface area contributed by atoms with Crippen LogP contribution in [0.15, 0.2) is 42.5 Å². The van der Waals surface area contributed by atoms with Crippen LogP contribution in [0.4, 0.5) is 5.69 Å². The van der Waals surface area contributed by atoms with Crippen molar-refractivity contribution in [1.29, 1.82) is 0 Å². The number of anilines is 1. The largest absolute Gasteiger partial charge is 0.496 e. The van der Waals surface area contributed by atoms with Crippen LogP contribution in [0.5, 0.6) is 5.75 Å². The average molecular weight is 460 g/mol. The summed E-state index contributed by atoms with van der Waals surface area (Å²) in [6, 6.07) is 11.9. The Kier molecular flexibility index (Phi) is 8.50. The van der Waals surface area contributed by atoms with Crippen molar-refractivity contribution in [3.63, 3.8) is 0 Å². The number of halogens is 1. The molecule has 1 heterocycles. The molecule has 1 fully saturated rings. The maximum atomic E-state index is 13.1. The van der Waals surface area contributed by atoms with Crippen molar-refractivity contribution in [2.24, 2.45) is 5.92 Å². The highest BCUT2D eigenvalue weighted by atomic mass is 35.5. The van der Waals surface area contributed by atoms with E-state index >= 15 is 0 Å². The lowest BCUT2D eigenvalue weighted by atomic mass is 9.84. The van der Waals surface area contributed by atoms with Crippen molar-refractivity contribution in [3.05, 3.63) is 58.6 Å². The van der Waals surface area contributed by atoms with Crippen LogP contribution in [0.2, 0.25) is 5.02 Å². The smallest absolute Gasteiger partial charge is 0.255 e. The summed E-state index contributed by atoms with van der Waals surface area (Å²) in [6.45, 7) is 1.23. The van der Waals surface area contributed by atoms with E-state index < -0.39 is 6.10 Å². The van der Waals surface area contributed by atoms with Crippen LogP contribution < -0.4 is 21.1 Å². The third-order valence-corrected chi connectivity index (χ3v) is 6.24. The molecule has 0 aromatic heterocycles. The van der Waals surface area contributed by atoms with Crippen LogP contribution >= 0.6 is 11.6 Å². The van der Waals surface area contributed by atoms with E-state index in [4.69, 9.17) is 22.1 Å². The number of piperidine rings is 1. The van der Waals surface area contributed by atoms with Crippen molar-refractivity contribution >= 4 is 29.0 Å². The third kappa shape index (κ3) is 6.00. The Morgan fingerprint density at radius 3 is 2.75 bits per heavy atom. The summed E-state index contributed by atoms with van der Waals surface area (Å²) in [6.07, 6.45) is 1.66. The molecule has 0 radical (unpaired) electrons. The number of nitrogens with one attached hydrogen (secondary N) is 2. The molecule has 1 saturated heterocycles. The Morgan fingerprint density at radius 2 is 2.06 bits per heavy atom. The first-order valence-electron chi connectivity index (χ1n) is 10.8. The van der Waals surface area contributed by atoms with Gasteiger partial charge in [0.05, 0.1) is 29.5 Å². The van der Waals surface area contributed by atoms with Gasteiger partial charge < -0.3 is 26.2 Å². The van der Waals surface area contributed by atoms with Gasteiger partial charge in [0.25, 0.3) is 5.91 Å². The van der Waals surface area contributed by atoms with Gasteiger partial charge in [0.1, 0.15) is 5.75 Å². The number of amides is 1. The molecular formula is C24H30ClN3O4. The van der Waals surface area contributed by atoms with Crippen LogP contribution in [0.3, 0.4) is 0 Å². The molecule has 3 atom stereocenters. The molecule has 1 amide bonds. The number of benzene rings is 2. The average Bonchev–Trinajstić information content (AvgIpc) is 2.80. The summed E-state index contributed by atoms with van der Waals surface area (Å²) in [4.78, 5) is 25.6. The second-order valence-corrected chi connectivity index (χ2v) is 8.47. The first kappa shape index (κ1) is 24.0. The normalized spacial score (nSPS) is 19.2. The van der Waals surface area contributed by atoms with Gasteiger partial charge in [-0.15, -0.1) is 0 Å². The van der Waals surface area contributed by atoms with Crippen molar-refractivity contribution in [2.45, 2.75) is 37.8 Å². The van der Waals surface area contributed by atoms with E-state index in [1.54, 1.807) is 12.1 Å². The fourth-order valence-electron chi connectivity index (χ4n) is 4.14. The van der Waals surface area contributed by atoms with Gasteiger partial charge in [-0.2, -0.15) is 0 Å². The van der Waals surface area contributed by atoms with Crippen LogP contribution in [-0.4, -0.2) is 49.1 Å². The highest BCUT2D eigenvalue weighted by molar-refractivity contribution is 6.33. The van der Waals surface area contributed by atoms with E-state index in [-0.39, 0.29) is 34.2 Å². The van der Waals surface area contributed by atoms with E-state index in [0.717, 1.165) is 13.0 Å². The number of ether oxygens (including phenoxy) is 1. The second kappa shape index (κ2) is 11.3. The molecule has 0 aliphatic carbocycles. The van der Waals surface area contributed by atoms with Crippen LogP contribution in [0.1, 0.15) is 46.4 Å². The molecule has 32 heavy (non-hydrogen) atoms. The predicted molar refractivity (Wildman–Crippen MR) is 125 cm³/mol. The number of carbonyl (C=O) groups excluding carboxylic acids is 2. The number of rotatable bonds is 9. The van der Waals surface area contributed by atoms with Gasteiger partial charge in [-0.25, -0.2) is 0 Å². The molecule has 172 valence electrons. The highest BCUT2D eigenvalue weighted by Crippen LogP contribution is 2.30. The van der Waals surface area contributed by atoms with E-state index in [2.05, 4.69) is 10.6 Å². The Morgan fingerprint density at radius 1 is 1.31 bits per heavy atom. The number of aliphatic hydroxyl groups excluding tert-OH is 1. The first-order valence-corrected chi connectivity index (χ1v) is 11.2. The van der Waals surface area contributed by atoms with Crippen molar-refractivity contribution in [1.82, 2.24) is 10.6 Å². The number of ketones is 1. The predicted octanol–water partition coefficient (Wildman–Crippen LogP) is 3.05. The molecule has 1 aliphatic heterocycles. The SMILES string of the molecule is COc1cc(N)c(Cl)cc1C(=O)NC(CCCC(=O)c1ccccc1)C1CCNCC1O. The zero-order chi connectivity index (χ0) is 23.1. The summed E-state index contributed by atoms with van der Waals surface area (Å²) in [5.41, 5.74) is 7.11. The van der Waals surface area contributed by atoms with Crippen molar-refractivity contribution < 1.29 is 19.4 Å². The molecule has 8 heteroatoms. The maximum Gasteiger partial charge on any atom is 0.255 e. The number of aliphatic hydroxyl groups is 1. The Bertz CT molecular complexity index is 938. The standard InChI is InChI=1S/C24H30ClN3O4/c1-32-23-13-19(26)18(25)12-17(23)24(31)28-20(16-10-11-27-14-22(16)30)8-5-9-21(29)15-6-3-2-4-7-15/h2-4,6-7,12-13,16,20,22,27,30H,5,8-11,14,26H2,1H3,(H,28,31). The molecule has 1 aliphatic rings. The number of methoxy groups -OCH3 is 1. The fourth-order valence-corrected chi connectivity index (χ4v) is 4.30. The molecule has 0 saturated carbocycles. The Hall–Kier alpha value is -2.61. The molecule has 2 aromatic carbocycles. The topological polar surface area (TPSA) is 114 Å². The summed E-state index contributed by atoms with van der Waals surface area (Å²) in [7, 11) is 1.46. The van der Waals surface area contributed by atoms with Gasteiger partial charge in [-0.3, -0.25) is 9.59 Å². The van der Waals surface area contributed by atoms with Crippen molar-refractivity contribution in [3.8, 4) is 5.75 Å². The van der Waals surface area contributed by atoms with Crippen LogP contribution in [-0.2, 0) is 0 Å². The van der Waals surface area contributed by atoms with Gasteiger partial charge in [-0.05, 0) is 31.9 Å². The summed E-state index contributed by atoms with van der Waals surface area (Å²) >= 11 is 6.13. The van der Waals surface area contributed by atoms with Crippen LogP contribution in [0.25, 0.3) is 0 Å². The number of nitrogens with two attached hydrogens (primary N) is 1. The van der Waals surface area contributed by atoms with Gasteiger partial charge in [0, 0.05) is 36.6 Å². The highest BCUT2D eigenvalue weighted by Gasteiger charge is 2.32. The number of β-amino-alcohol motifs (C(OH)–C–C–N with tert-alkyl or cyclic N) is 1. The monoisotopic (exact) mass is 459 g/mol. The third-order valence-electron chi connectivity index (χ3n) is 5.91. The molecule has 2 aromatic rings. The summed E-state index contributed by atoms with van der Waals surface area (Å²) in [5.74, 6) is -0.0852. The lowest BCUT2D eigenvalue weighted by molar-refractivity contribution is 0.0531. The number of nitrogen functional groups attached to an aromatic ring is 1. The lowest BCUT2D eigenvalue weighted by Crippen LogP contribution is -2.51. The number of hydrogen-bond donors (Lipinski definition) is 4. The second-order valence-electron chi connectivity index (χ2n) is 8.06. The molecule has 0 bridgehead atoms. The summed E-state index contributed by atoms with van der Waals surface area (Å²) in [5, 5.41) is 17.0. The first-order chi connectivity index (χ1) is 15.4. The Labute approximate surface area is 193 Å². The number of carbonyl (C=O) groups is 2. The van der Waals surface area contributed by atoms with E-state index in [1.165, 1.54) is 19.2 Å². The quantitative estimate of drug-likeness (QED) is 0.338. The van der Waals surface area contributed by atoms with Gasteiger partial charge in [0.2, 0.25) is 0 Å². The minimum Gasteiger partial charge on any atom is -0.496 e. The van der Waals surface area contributed by atoms with E-state index in [9.17, 15) is 14.7 Å². The summed E-state index contributed by atoms with van der Waals surface area (Å²) < 4.78 is 5.31. The molecule has 0 spiro atoms. The zero-order valence-corrected chi connectivity index (χ0v) is 18.9. The maximum absolute atomic E-state index is 13.1. The van der Waals surface area contributed by atoms with Crippen molar-refractivity contribution in [2.75, 3.05) is 25.9 Å². The van der Waals surface area contributed by atoms with Crippen LogP contribution in [0, 0.1) is 5.92 Å². The molecular weight excluding hydrogens is 430 g/mol. The minimum atomic E-state index is -0.587.